The van der Waals surface area contributed by atoms with Gasteiger partial charge >= 0.3 is 0 Å². The molecule has 1 amide bonds. The van der Waals surface area contributed by atoms with Gasteiger partial charge in [-0.25, -0.2) is 4.39 Å². The molecule has 0 spiro atoms. The lowest BCUT2D eigenvalue weighted by Crippen LogP contribution is -2.36. The molecule has 0 aliphatic heterocycles. The molecule has 1 aromatic heterocycles. The van der Waals surface area contributed by atoms with Crippen molar-refractivity contribution in [1.82, 2.24) is 14.7 Å². The van der Waals surface area contributed by atoms with Crippen molar-refractivity contribution in [2.24, 2.45) is 0 Å². The minimum atomic E-state index is -0.589. The number of halogens is 2. The maximum absolute atomic E-state index is 13.7. The van der Waals surface area contributed by atoms with Crippen molar-refractivity contribution in [3.05, 3.63) is 87.4 Å². The van der Waals surface area contributed by atoms with Crippen LogP contribution in [0.1, 0.15) is 23.0 Å². The Bertz CT molecular complexity index is 1090. The molecule has 0 aliphatic carbocycles. The second kappa shape index (κ2) is 8.35. The van der Waals surface area contributed by atoms with Gasteiger partial charge in [0.1, 0.15) is 5.82 Å². The third-order valence-corrected chi connectivity index (χ3v) is 4.59. The Kier molecular flexibility index (Phi) is 5.90. The van der Waals surface area contributed by atoms with Gasteiger partial charge in [0.2, 0.25) is 5.43 Å². The van der Waals surface area contributed by atoms with Gasteiger partial charge in [-0.15, -0.1) is 6.58 Å². The van der Waals surface area contributed by atoms with E-state index < -0.39 is 17.2 Å². The van der Waals surface area contributed by atoms with Crippen LogP contribution in [-0.2, 0) is 13.1 Å². The number of benzene rings is 2. The van der Waals surface area contributed by atoms with Crippen molar-refractivity contribution >= 4 is 28.4 Å². The van der Waals surface area contributed by atoms with Crippen LogP contribution in [-0.4, -0.2) is 27.1 Å². The van der Waals surface area contributed by atoms with E-state index in [1.54, 1.807) is 30.3 Å². The Labute approximate surface area is 166 Å². The van der Waals surface area contributed by atoms with Gasteiger partial charge in [-0.05, 0) is 42.8 Å². The quantitative estimate of drug-likeness (QED) is 0.588. The molecule has 0 bridgehead atoms. The molecule has 7 heteroatoms. The number of aromatic nitrogens is 2. The van der Waals surface area contributed by atoms with E-state index in [1.165, 1.54) is 21.7 Å². The van der Waals surface area contributed by atoms with E-state index in [-0.39, 0.29) is 24.2 Å². The van der Waals surface area contributed by atoms with E-state index >= 15 is 0 Å². The SMILES string of the molecule is C=CCN(Cc1ccc(Cl)cc1)C(=O)c1nn(CC)c2ccc(F)cc2c1=O. The van der Waals surface area contributed by atoms with Crippen molar-refractivity contribution in [3.63, 3.8) is 0 Å². The van der Waals surface area contributed by atoms with Crippen LogP contribution >= 0.6 is 11.6 Å². The summed E-state index contributed by atoms with van der Waals surface area (Å²) in [6.45, 7) is 6.44. The summed E-state index contributed by atoms with van der Waals surface area (Å²) >= 11 is 5.91. The molecule has 0 unspecified atom stereocenters. The van der Waals surface area contributed by atoms with Gasteiger partial charge in [0, 0.05) is 24.7 Å². The largest absolute Gasteiger partial charge is 0.329 e. The average molecular weight is 400 g/mol. The van der Waals surface area contributed by atoms with E-state index in [1.807, 2.05) is 6.92 Å². The summed E-state index contributed by atoms with van der Waals surface area (Å²) in [5, 5.41) is 4.96. The molecular weight excluding hydrogens is 381 g/mol. The van der Waals surface area contributed by atoms with E-state index in [2.05, 4.69) is 11.7 Å². The summed E-state index contributed by atoms with van der Waals surface area (Å²) < 4.78 is 15.2. The predicted octanol–water partition coefficient (Wildman–Crippen LogP) is 4.04. The van der Waals surface area contributed by atoms with Gasteiger partial charge in [0.15, 0.2) is 5.69 Å². The molecule has 0 radical (unpaired) electrons. The van der Waals surface area contributed by atoms with Crippen molar-refractivity contribution in [2.45, 2.75) is 20.0 Å². The molecule has 0 saturated heterocycles. The molecule has 0 fully saturated rings. The summed E-state index contributed by atoms with van der Waals surface area (Å²) in [6, 6.07) is 11.0. The molecule has 0 N–H and O–H groups in total. The number of amides is 1. The van der Waals surface area contributed by atoms with Crippen LogP contribution in [0.2, 0.25) is 5.02 Å². The zero-order valence-corrected chi connectivity index (χ0v) is 16.1. The Balaban J connectivity index is 2.06. The van der Waals surface area contributed by atoms with Crippen LogP contribution in [0.15, 0.2) is 59.9 Å². The lowest BCUT2D eigenvalue weighted by atomic mass is 10.1. The van der Waals surface area contributed by atoms with Gasteiger partial charge in [-0.1, -0.05) is 29.8 Å². The third-order valence-electron chi connectivity index (χ3n) is 4.34. The number of nitrogens with zero attached hydrogens (tertiary/aromatic N) is 3. The van der Waals surface area contributed by atoms with E-state index in [4.69, 9.17) is 11.6 Å². The highest BCUT2D eigenvalue weighted by molar-refractivity contribution is 6.30. The second-order valence-electron chi connectivity index (χ2n) is 6.26. The monoisotopic (exact) mass is 399 g/mol. The lowest BCUT2D eigenvalue weighted by Gasteiger charge is -2.21. The van der Waals surface area contributed by atoms with Crippen LogP contribution in [0, 0.1) is 5.82 Å². The Morgan fingerprint density at radius 1 is 1.29 bits per heavy atom. The van der Waals surface area contributed by atoms with Gasteiger partial charge in [0.25, 0.3) is 5.91 Å². The molecule has 3 aromatic rings. The fraction of sp³-hybridized carbons (Fsp3) is 0.190. The molecule has 0 atom stereocenters. The third kappa shape index (κ3) is 3.97. The van der Waals surface area contributed by atoms with Gasteiger partial charge in [-0.3, -0.25) is 14.3 Å². The first kappa shape index (κ1) is 19.8. The maximum Gasteiger partial charge on any atom is 0.278 e. The first-order valence-electron chi connectivity index (χ1n) is 8.79. The minimum absolute atomic E-state index is 0.130. The van der Waals surface area contributed by atoms with E-state index in [9.17, 15) is 14.0 Å². The molecular formula is C21H19ClFN3O2. The summed E-state index contributed by atoms with van der Waals surface area (Å²) in [5.41, 5.74) is 0.505. The molecule has 28 heavy (non-hydrogen) atoms. The van der Waals surface area contributed by atoms with Crippen molar-refractivity contribution in [2.75, 3.05) is 6.54 Å². The summed E-state index contributed by atoms with van der Waals surface area (Å²) in [4.78, 5) is 27.4. The van der Waals surface area contributed by atoms with Crippen LogP contribution in [0.3, 0.4) is 0 Å². The number of aryl methyl sites for hydroxylation is 1. The number of fused-ring (bicyclic) bond motifs is 1. The summed E-state index contributed by atoms with van der Waals surface area (Å²) in [6.07, 6.45) is 1.58. The molecule has 0 saturated carbocycles. The number of rotatable bonds is 6. The molecule has 5 nitrogen and oxygen atoms in total. The highest BCUT2D eigenvalue weighted by atomic mass is 35.5. The fourth-order valence-corrected chi connectivity index (χ4v) is 3.10. The Morgan fingerprint density at radius 3 is 2.64 bits per heavy atom. The standard InChI is InChI=1S/C21H19ClFN3O2/c1-3-11-25(13-14-5-7-15(22)8-6-14)21(28)19-20(27)17-12-16(23)9-10-18(17)26(4-2)24-19/h3,5-10,12H,1,4,11,13H2,2H3. The average Bonchev–Trinajstić information content (AvgIpc) is 2.69. The number of carbonyl (C=O) groups excluding carboxylic acids is 1. The van der Waals surface area contributed by atoms with Gasteiger partial charge in [-0.2, -0.15) is 5.10 Å². The van der Waals surface area contributed by atoms with Crippen molar-refractivity contribution in [3.8, 4) is 0 Å². The minimum Gasteiger partial charge on any atom is -0.329 e. The Hall–Kier alpha value is -2.99. The van der Waals surface area contributed by atoms with Crippen LogP contribution in [0.5, 0.6) is 0 Å². The molecule has 1 heterocycles. The fourth-order valence-electron chi connectivity index (χ4n) is 2.98. The highest BCUT2D eigenvalue weighted by Gasteiger charge is 2.22. The number of hydrogen-bond acceptors (Lipinski definition) is 3. The summed E-state index contributed by atoms with van der Waals surface area (Å²) in [5.74, 6) is -1.07. The van der Waals surface area contributed by atoms with Crippen molar-refractivity contribution in [1.29, 1.82) is 0 Å². The van der Waals surface area contributed by atoms with Crippen LogP contribution < -0.4 is 5.43 Å². The lowest BCUT2D eigenvalue weighted by molar-refractivity contribution is 0.0753. The number of carbonyl (C=O) groups is 1. The van der Waals surface area contributed by atoms with Crippen LogP contribution in [0.4, 0.5) is 4.39 Å². The molecule has 3 rings (SSSR count). The molecule has 0 aliphatic rings. The maximum atomic E-state index is 13.7. The van der Waals surface area contributed by atoms with E-state index in [0.29, 0.717) is 17.1 Å². The van der Waals surface area contributed by atoms with E-state index in [0.717, 1.165) is 11.6 Å². The van der Waals surface area contributed by atoms with Gasteiger partial charge in [0.05, 0.1) is 10.9 Å². The van der Waals surface area contributed by atoms with Crippen molar-refractivity contribution < 1.29 is 9.18 Å². The second-order valence-corrected chi connectivity index (χ2v) is 6.69. The van der Waals surface area contributed by atoms with Gasteiger partial charge < -0.3 is 4.90 Å². The first-order chi connectivity index (χ1) is 13.4. The predicted molar refractivity (Wildman–Crippen MR) is 108 cm³/mol. The normalized spacial score (nSPS) is 10.8. The van der Waals surface area contributed by atoms with Crippen LogP contribution in [0.25, 0.3) is 10.9 Å². The highest BCUT2D eigenvalue weighted by Crippen LogP contribution is 2.15. The first-order valence-corrected chi connectivity index (χ1v) is 9.17. The molecule has 2 aromatic carbocycles. The zero-order valence-electron chi connectivity index (χ0n) is 15.4. The smallest absolute Gasteiger partial charge is 0.278 e. The number of hydrogen-bond donors (Lipinski definition) is 0. The molecule has 144 valence electrons. The topological polar surface area (TPSA) is 55.2 Å². The summed E-state index contributed by atoms with van der Waals surface area (Å²) in [7, 11) is 0. The zero-order chi connectivity index (χ0) is 20.3. The Morgan fingerprint density at radius 2 is 2.00 bits per heavy atom.